The van der Waals surface area contributed by atoms with Gasteiger partial charge in [-0.25, -0.2) is 0 Å². The first kappa shape index (κ1) is 10.3. The zero-order valence-corrected chi connectivity index (χ0v) is 8.93. The molecule has 0 heterocycles. The number of hydrogen-bond acceptors (Lipinski definition) is 0. The van der Waals surface area contributed by atoms with Gasteiger partial charge in [0.05, 0.1) is 0 Å². The van der Waals surface area contributed by atoms with Crippen molar-refractivity contribution in [1.29, 1.82) is 0 Å². The molecule has 0 unspecified atom stereocenters. The van der Waals surface area contributed by atoms with Crippen LogP contribution in [0.2, 0.25) is 0 Å². The van der Waals surface area contributed by atoms with E-state index >= 15 is 0 Å². The van der Waals surface area contributed by atoms with E-state index in [0.29, 0.717) is 0 Å². The fraction of sp³-hybridized carbons (Fsp3) is 0. The van der Waals surface area contributed by atoms with Gasteiger partial charge in [-0.3, -0.25) is 0 Å². The molecule has 0 saturated heterocycles. The topological polar surface area (TPSA) is 0 Å². The molecule has 0 heteroatoms. The van der Waals surface area contributed by atoms with Gasteiger partial charge >= 0.3 is 0 Å². The average Bonchev–Trinajstić information content (AvgIpc) is 2.38. The molecule has 0 atom stereocenters. The first-order valence-electron chi connectivity index (χ1n) is 5.19. The van der Waals surface area contributed by atoms with Crippen LogP contribution in [0.15, 0.2) is 54.6 Å². The van der Waals surface area contributed by atoms with Gasteiger partial charge in [0, 0.05) is 5.56 Å². The largest absolute Gasteiger partial charge is 0.115 e. The van der Waals surface area contributed by atoms with Crippen LogP contribution in [0, 0.1) is 12.3 Å². The average molecular weight is 204 g/mol. The molecule has 0 aliphatic rings. The van der Waals surface area contributed by atoms with E-state index in [-0.39, 0.29) is 0 Å². The van der Waals surface area contributed by atoms with E-state index in [0.717, 1.165) is 11.1 Å². The van der Waals surface area contributed by atoms with Gasteiger partial charge in [-0.2, -0.15) is 0 Å². The Balaban J connectivity index is 2.28. The molecule has 2 aromatic carbocycles. The lowest BCUT2D eigenvalue weighted by molar-refractivity contribution is 1.60. The Kier molecular flexibility index (Phi) is 3.21. The highest BCUT2D eigenvalue weighted by Crippen LogP contribution is 2.12. The summed E-state index contributed by atoms with van der Waals surface area (Å²) in [5, 5.41) is 0. The fourth-order valence-corrected chi connectivity index (χ4v) is 1.52. The minimum atomic E-state index is 0.926. The van der Waals surface area contributed by atoms with Crippen molar-refractivity contribution in [1.82, 2.24) is 0 Å². The highest BCUT2D eigenvalue weighted by atomic mass is 14.0. The summed E-state index contributed by atoms with van der Waals surface area (Å²) in [4.78, 5) is 0. The summed E-state index contributed by atoms with van der Waals surface area (Å²) in [6.07, 6.45) is 9.55. The van der Waals surface area contributed by atoms with Crippen LogP contribution >= 0.6 is 0 Å². The minimum absolute atomic E-state index is 0.926. The molecule has 2 rings (SSSR count). The van der Waals surface area contributed by atoms with E-state index in [1.165, 1.54) is 5.56 Å². The number of rotatable bonds is 2. The SMILES string of the molecule is C#Cc1ccccc1/C=C/c1ccccc1. The van der Waals surface area contributed by atoms with Crippen LogP contribution in [0.1, 0.15) is 16.7 Å². The van der Waals surface area contributed by atoms with Crippen LogP contribution in [0.4, 0.5) is 0 Å². The molecule has 2 aromatic rings. The zero-order valence-electron chi connectivity index (χ0n) is 8.93. The maximum absolute atomic E-state index is 5.44. The summed E-state index contributed by atoms with van der Waals surface area (Å²) in [6.45, 7) is 0. The van der Waals surface area contributed by atoms with Crippen LogP contribution in [0.5, 0.6) is 0 Å². The molecule has 0 amide bonds. The lowest BCUT2D eigenvalue weighted by Gasteiger charge is -1.97. The van der Waals surface area contributed by atoms with Crippen LogP contribution < -0.4 is 0 Å². The molecule has 76 valence electrons. The predicted molar refractivity (Wildman–Crippen MR) is 69.7 cm³/mol. The van der Waals surface area contributed by atoms with Gasteiger partial charge in [-0.05, 0) is 17.2 Å². The molecular formula is C16H12. The molecule has 0 aliphatic heterocycles. The normalized spacial score (nSPS) is 10.2. The Morgan fingerprint density at radius 1 is 0.812 bits per heavy atom. The molecule has 0 nitrogen and oxygen atoms in total. The van der Waals surface area contributed by atoms with Crippen molar-refractivity contribution in [3.05, 3.63) is 71.3 Å². The van der Waals surface area contributed by atoms with Crippen molar-refractivity contribution < 1.29 is 0 Å². The maximum atomic E-state index is 5.44. The monoisotopic (exact) mass is 204 g/mol. The van der Waals surface area contributed by atoms with Gasteiger partial charge in [0.25, 0.3) is 0 Å². The summed E-state index contributed by atoms with van der Waals surface area (Å²) in [6, 6.07) is 18.1. The Morgan fingerprint density at radius 3 is 2.25 bits per heavy atom. The van der Waals surface area contributed by atoms with E-state index in [2.05, 4.69) is 24.1 Å². The van der Waals surface area contributed by atoms with E-state index in [4.69, 9.17) is 6.42 Å². The summed E-state index contributed by atoms with van der Waals surface area (Å²) >= 11 is 0. The van der Waals surface area contributed by atoms with Crippen molar-refractivity contribution >= 4 is 12.2 Å². The minimum Gasteiger partial charge on any atom is -0.115 e. The molecule has 0 saturated carbocycles. The van der Waals surface area contributed by atoms with Crippen molar-refractivity contribution in [2.24, 2.45) is 0 Å². The molecule has 16 heavy (non-hydrogen) atoms. The molecule has 0 bridgehead atoms. The predicted octanol–water partition coefficient (Wildman–Crippen LogP) is 3.84. The van der Waals surface area contributed by atoms with Crippen LogP contribution in [0.25, 0.3) is 12.2 Å². The van der Waals surface area contributed by atoms with Crippen LogP contribution in [-0.2, 0) is 0 Å². The standard InChI is InChI=1S/C16H12/c1-2-15-10-6-7-11-16(15)13-12-14-8-4-3-5-9-14/h1,3-13H/b13-12+. The fourth-order valence-electron chi connectivity index (χ4n) is 1.52. The van der Waals surface area contributed by atoms with Gasteiger partial charge in [-0.15, -0.1) is 6.42 Å². The Labute approximate surface area is 96.3 Å². The maximum Gasteiger partial charge on any atom is 0.0315 e. The van der Waals surface area contributed by atoms with Crippen molar-refractivity contribution in [2.45, 2.75) is 0 Å². The van der Waals surface area contributed by atoms with E-state index in [1.807, 2.05) is 48.5 Å². The van der Waals surface area contributed by atoms with E-state index in [9.17, 15) is 0 Å². The number of terminal acetylenes is 1. The summed E-state index contributed by atoms with van der Waals surface area (Å²) in [5.41, 5.74) is 3.18. The second-order valence-corrected chi connectivity index (χ2v) is 3.48. The lowest BCUT2D eigenvalue weighted by Crippen LogP contribution is -1.79. The van der Waals surface area contributed by atoms with E-state index < -0.39 is 0 Å². The Hall–Kier alpha value is -2.26. The lowest BCUT2D eigenvalue weighted by atomic mass is 10.1. The summed E-state index contributed by atoms with van der Waals surface area (Å²) in [5.74, 6) is 2.68. The highest BCUT2D eigenvalue weighted by Gasteiger charge is 1.93. The quantitative estimate of drug-likeness (QED) is 0.515. The zero-order chi connectivity index (χ0) is 11.2. The van der Waals surface area contributed by atoms with Gasteiger partial charge in [0.2, 0.25) is 0 Å². The summed E-state index contributed by atoms with van der Waals surface area (Å²) in [7, 11) is 0. The first-order chi connectivity index (χ1) is 7.90. The molecular weight excluding hydrogens is 192 g/mol. The summed E-state index contributed by atoms with van der Waals surface area (Å²) < 4.78 is 0. The molecule has 0 spiro atoms. The van der Waals surface area contributed by atoms with Gasteiger partial charge in [-0.1, -0.05) is 66.6 Å². The molecule has 0 fully saturated rings. The van der Waals surface area contributed by atoms with Gasteiger partial charge in [0.1, 0.15) is 0 Å². The van der Waals surface area contributed by atoms with Crippen molar-refractivity contribution in [3.8, 4) is 12.3 Å². The molecule has 0 radical (unpaired) electrons. The molecule has 0 aromatic heterocycles. The third-order valence-corrected chi connectivity index (χ3v) is 2.37. The highest BCUT2D eigenvalue weighted by molar-refractivity contribution is 5.72. The first-order valence-corrected chi connectivity index (χ1v) is 5.19. The number of hydrogen-bond donors (Lipinski definition) is 0. The second-order valence-electron chi connectivity index (χ2n) is 3.48. The third-order valence-electron chi connectivity index (χ3n) is 2.37. The second kappa shape index (κ2) is 5.00. The Morgan fingerprint density at radius 2 is 1.50 bits per heavy atom. The van der Waals surface area contributed by atoms with Crippen molar-refractivity contribution in [3.63, 3.8) is 0 Å². The van der Waals surface area contributed by atoms with E-state index in [1.54, 1.807) is 0 Å². The van der Waals surface area contributed by atoms with Crippen LogP contribution in [-0.4, -0.2) is 0 Å². The van der Waals surface area contributed by atoms with Crippen molar-refractivity contribution in [2.75, 3.05) is 0 Å². The number of benzene rings is 2. The van der Waals surface area contributed by atoms with Crippen LogP contribution in [0.3, 0.4) is 0 Å². The third kappa shape index (κ3) is 2.40. The molecule has 0 N–H and O–H groups in total. The van der Waals surface area contributed by atoms with Gasteiger partial charge < -0.3 is 0 Å². The Bertz CT molecular complexity index is 527. The van der Waals surface area contributed by atoms with Gasteiger partial charge in [0.15, 0.2) is 0 Å². The smallest absolute Gasteiger partial charge is 0.0315 e. The molecule has 0 aliphatic carbocycles.